The molecule has 29 heavy (non-hydrogen) atoms. The van der Waals surface area contributed by atoms with E-state index in [0.717, 1.165) is 16.8 Å². The fourth-order valence-electron chi connectivity index (χ4n) is 2.66. The Hall–Kier alpha value is -2.33. The van der Waals surface area contributed by atoms with Gasteiger partial charge in [-0.1, -0.05) is 6.07 Å². The third-order valence-electron chi connectivity index (χ3n) is 4.30. The Morgan fingerprint density at radius 1 is 1.34 bits per heavy atom. The number of thiazole rings is 1. The number of nitrogens with zero attached hydrogens (tertiary/aromatic N) is 3. The number of hydrogen-bond donors (Lipinski definition) is 1. The second-order valence-corrected chi connectivity index (χ2v) is 7.22. The molecule has 1 N–H and O–H groups in total. The summed E-state index contributed by atoms with van der Waals surface area (Å²) < 4.78 is 50.3. The summed E-state index contributed by atoms with van der Waals surface area (Å²) >= 11 is 1.50. The van der Waals surface area contributed by atoms with Gasteiger partial charge in [-0.2, -0.15) is 13.2 Å². The van der Waals surface area contributed by atoms with E-state index in [4.69, 9.17) is 9.47 Å². The number of aromatic nitrogens is 1. The van der Waals surface area contributed by atoms with Crippen molar-refractivity contribution in [2.45, 2.75) is 32.3 Å². The molecule has 1 unspecified atom stereocenters. The van der Waals surface area contributed by atoms with Gasteiger partial charge in [-0.25, -0.2) is 4.98 Å². The Morgan fingerprint density at radius 2 is 2.07 bits per heavy atom. The van der Waals surface area contributed by atoms with Gasteiger partial charge in [0.1, 0.15) is 16.9 Å². The van der Waals surface area contributed by atoms with Gasteiger partial charge in [-0.05, 0) is 24.6 Å². The molecule has 1 aromatic carbocycles. The summed E-state index contributed by atoms with van der Waals surface area (Å²) in [5.74, 6) is 0.621. The molecule has 0 aliphatic heterocycles. The molecule has 0 bridgehead atoms. The lowest BCUT2D eigenvalue weighted by Gasteiger charge is -2.22. The molecule has 2 aromatic rings. The molecule has 0 fully saturated rings. The first-order chi connectivity index (χ1) is 13.7. The van der Waals surface area contributed by atoms with Gasteiger partial charge >= 0.3 is 6.18 Å². The van der Waals surface area contributed by atoms with Crippen LogP contribution < -0.4 is 10.1 Å². The molecule has 1 atom stereocenters. The van der Waals surface area contributed by atoms with E-state index in [1.807, 2.05) is 12.3 Å². The van der Waals surface area contributed by atoms with Gasteiger partial charge in [-0.15, -0.1) is 11.3 Å². The molecule has 160 valence electrons. The smallest absolute Gasteiger partial charge is 0.416 e. The maximum absolute atomic E-state index is 13.4. The van der Waals surface area contributed by atoms with Crippen LogP contribution in [0.2, 0.25) is 0 Å². The Bertz CT molecular complexity index is 839. The van der Waals surface area contributed by atoms with Crippen molar-refractivity contribution in [2.75, 3.05) is 28.3 Å². The van der Waals surface area contributed by atoms with Crippen molar-refractivity contribution in [1.82, 2.24) is 15.2 Å². The lowest BCUT2D eigenvalue weighted by Crippen LogP contribution is -2.38. The minimum absolute atomic E-state index is 0.0289. The number of rotatable bonds is 7. The Labute approximate surface area is 172 Å². The minimum Gasteiger partial charge on any atom is -0.497 e. The van der Waals surface area contributed by atoms with Crippen LogP contribution in [0.4, 0.5) is 13.2 Å². The number of aliphatic imine (C=N–C) groups is 1. The topological polar surface area (TPSA) is 59.0 Å². The summed E-state index contributed by atoms with van der Waals surface area (Å²) in [6, 6.07) is 3.91. The van der Waals surface area contributed by atoms with E-state index in [-0.39, 0.29) is 24.0 Å². The molecule has 0 spiro atoms. The summed E-state index contributed by atoms with van der Waals surface area (Å²) in [5.41, 5.74) is 0.206. The van der Waals surface area contributed by atoms with Crippen LogP contribution in [0.5, 0.6) is 5.75 Å². The predicted octanol–water partition coefficient (Wildman–Crippen LogP) is 4.09. The molecule has 0 saturated carbocycles. The molecule has 0 aliphatic rings. The molecule has 6 nitrogen and oxygen atoms in total. The lowest BCUT2D eigenvalue weighted by atomic mass is 10.1. The van der Waals surface area contributed by atoms with E-state index in [0.29, 0.717) is 12.5 Å². The average molecular weight is 430 g/mol. The number of nitrogens with one attached hydrogen (secondary N) is 1. The zero-order valence-corrected chi connectivity index (χ0v) is 17.8. The fourth-order valence-corrected chi connectivity index (χ4v) is 3.50. The summed E-state index contributed by atoms with van der Waals surface area (Å²) in [7, 11) is 6.34. The summed E-state index contributed by atoms with van der Waals surface area (Å²) in [5, 5.41) is 5.78. The lowest BCUT2D eigenvalue weighted by molar-refractivity contribution is -0.138. The maximum atomic E-state index is 13.4. The Balaban J connectivity index is 2.08. The van der Waals surface area contributed by atoms with Gasteiger partial charge in [-0.3, -0.25) is 4.99 Å². The molecular weight excluding hydrogens is 405 g/mol. The monoisotopic (exact) mass is 430 g/mol. The van der Waals surface area contributed by atoms with Crippen LogP contribution in [0.3, 0.4) is 0 Å². The van der Waals surface area contributed by atoms with Crippen molar-refractivity contribution < 1.29 is 22.6 Å². The van der Waals surface area contributed by atoms with Gasteiger partial charge in [0.2, 0.25) is 0 Å². The van der Waals surface area contributed by atoms with Crippen LogP contribution in [-0.2, 0) is 24.0 Å². The number of hydrogen-bond acceptors (Lipinski definition) is 5. The SMILES string of the molecule is CN=C(NCc1ccc(OC)cc1C(F)(F)F)N(C)Cc1csc(C(C)OC)n1. The van der Waals surface area contributed by atoms with Gasteiger partial charge in [0.05, 0.1) is 24.9 Å². The van der Waals surface area contributed by atoms with E-state index >= 15 is 0 Å². The number of benzene rings is 1. The molecule has 0 saturated heterocycles. The van der Waals surface area contributed by atoms with Crippen molar-refractivity contribution in [3.8, 4) is 5.75 Å². The Morgan fingerprint density at radius 3 is 2.66 bits per heavy atom. The van der Waals surface area contributed by atoms with Crippen molar-refractivity contribution in [3.63, 3.8) is 0 Å². The first-order valence-electron chi connectivity index (χ1n) is 8.82. The van der Waals surface area contributed by atoms with Crippen molar-refractivity contribution in [3.05, 3.63) is 45.4 Å². The molecule has 2 rings (SSSR count). The first kappa shape index (κ1) is 23.0. The van der Waals surface area contributed by atoms with Gasteiger partial charge < -0.3 is 19.7 Å². The number of guanidine groups is 1. The Kier molecular flexibility index (Phi) is 7.86. The highest BCUT2D eigenvalue weighted by atomic mass is 32.1. The van der Waals surface area contributed by atoms with Crippen LogP contribution in [-0.4, -0.2) is 44.2 Å². The van der Waals surface area contributed by atoms with Gasteiger partial charge in [0, 0.05) is 33.1 Å². The third-order valence-corrected chi connectivity index (χ3v) is 5.36. The summed E-state index contributed by atoms with van der Waals surface area (Å²) in [6.45, 7) is 2.35. The zero-order valence-electron chi connectivity index (χ0n) is 17.0. The normalized spacial score (nSPS) is 13.3. The third kappa shape index (κ3) is 6.07. The van der Waals surface area contributed by atoms with E-state index < -0.39 is 11.7 Å². The molecule has 0 radical (unpaired) electrons. The molecule has 10 heteroatoms. The van der Waals surface area contributed by atoms with E-state index in [1.54, 1.807) is 26.1 Å². The maximum Gasteiger partial charge on any atom is 0.416 e. The summed E-state index contributed by atoms with van der Waals surface area (Å²) in [6.07, 6.45) is -4.57. The highest BCUT2D eigenvalue weighted by Crippen LogP contribution is 2.34. The molecule has 0 aliphatic carbocycles. The fraction of sp³-hybridized carbons (Fsp3) is 0.474. The van der Waals surface area contributed by atoms with Crippen molar-refractivity contribution in [2.24, 2.45) is 4.99 Å². The average Bonchev–Trinajstić information content (AvgIpc) is 3.15. The highest BCUT2D eigenvalue weighted by Gasteiger charge is 2.33. The predicted molar refractivity (Wildman–Crippen MR) is 107 cm³/mol. The molecule has 1 aromatic heterocycles. The van der Waals surface area contributed by atoms with Crippen LogP contribution in [0.25, 0.3) is 0 Å². The number of alkyl halides is 3. The standard InChI is InChI=1S/C19H25F3N4O2S/c1-12(27-4)17-25-14(11-29-17)10-26(3)18(23-2)24-9-13-6-7-15(28-5)8-16(13)19(20,21)22/h6-8,11-12H,9-10H2,1-5H3,(H,23,24). The van der Waals surface area contributed by atoms with Crippen molar-refractivity contribution >= 4 is 17.3 Å². The van der Waals surface area contributed by atoms with Crippen LogP contribution in [0, 0.1) is 0 Å². The number of methoxy groups -OCH3 is 2. The molecule has 1 heterocycles. The van der Waals surface area contributed by atoms with Crippen LogP contribution >= 0.6 is 11.3 Å². The summed E-state index contributed by atoms with van der Waals surface area (Å²) in [4.78, 5) is 10.5. The van der Waals surface area contributed by atoms with Crippen molar-refractivity contribution in [1.29, 1.82) is 0 Å². The highest BCUT2D eigenvalue weighted by molar-refractivity contribution is 7.09. The molecule has 0 amide bonds. The van der Waals surface area contributed by atoms with E-state index in [1.165, 1.54) is 30.6 Å². The largest absolute Gasteiger partial charge is 0.497 e. The number of ether oxygens (including phenoxy) is 2. The van der Waals surface area contributed by atoms with Gasteiger partial charge in [0.15, 0.2) is 5.96 Å². The van der Waals surface area contributed by atoms with Crippen LogP contribution in [0.1, 0.15) is 34.9 Å². The molecular formula is C19H25F3N4O2S. The van der Waals surface area contributed by atoms with E-state index in [9.17, 15) is 13.2 Å². The van der Waals surface area contributed by atoms with E-state index in [2.05, 4.69) is 15.3 Å². The van der Waals surface area contributed by atoms with Gasteiger partial charge in [0.25, 0.3) is 0 Å². The quantitative estimate of drug-likeness (QED) is 0.530. The van der Waals surface area contributed by atoms with Crippen LogP contribution in [0.15, 0.2) is 28.6 Å². The minimum atomic E-state index is -4.48. The second-order valence-electron chi connectivity index (χ2n) is 6.33. The second kappa shape index (κ2) is 9.93. The number of halogens is 3. The first-order valence-corrected chi connectivity index (χ1v) is 9.70. The zero-order chi connectivity index (χ0) is 21.6.